The Hall–Kier alpha value is -0.770. The molecule has 0 atom stereocenters. The molecule has 2 saturated heterocycles. The van der Waals surface area contributed by atoms with Gasteiger partial charge in [-0.15, -0.1) is 0 Å². The van der Waals surface area contributed by atoms with Crippen molar-refractivity contribution >= 4 is 6.09 Å². The molecule has 4 heteroatoms. The van der Waals surface area contributed by atoms with E-state index in [1.165, 1.54) is 37.3 Å². The summed E-state index contributed by atoms with van der Waals surface area (Å²) in [5.41, 5.74) is 0. The maximum absolute atomic E-state index is 10.3. The maximum atomic E-state index is 10.3. The van der Waals surface area contributed by atoms with E-state index in [1.807, 2.05) is 0 Å². The second kappa shape index (κ2) is 7.54. The molecule has 0 spiro atoms. The molecule has 1 amide bonds. The lowest BCUT2D eigenvalue weighted by Crippen LogP contribution is -2.34. The van der Waals surface area contributed by atoms with Crippen LogP contribution in [0, 0.1) is 0 Å². The Kier molecular flexibility index (Phi) is 6.34. The average molecular weight is 242 g/mol. The van der Waals surface area contributed by atoms with Crippen molar-refractivity contribution < 1.29 is 9.90 Å². The SMILES string of the molecule is CC(C)N1CCCC1.O=C(O)N1CCCCC1. The van der Waals surface area contributed by atoms with Crippen LogP contribution >= 0.6 is 0 Å². The zero-order valence-corrected chi connectivity index (χ0v) is 11.2. The summed E-state index contributed by atoms with van der Waals surface area (Å²) in [4.78, 5) is 14.3. The number of carbonyl (C=O) groups is 1. The van der Waals surface area contributed by atoms with Gasteiger partial charge in [-0.05, 0) is 59.0 Å². The molecule has 4 nitrogen and oxygen atoms in total. The van der Waals surface area contributed by atoms with Gasteiger partial charge in [0.25, 0.3) is 0 Å². The van der Waals surface area contributed by atoms with Crippen LogP contribution in [0.4, 0.5) is 4.79 Å². The maximum Gasteiger partial charge on any atom is 0.407 e. The van der Waals surface area contributed by atoms with Crippen LogP contribution in [-0.4, -0.2) is 53.2 Å². The molecule has 0 aromatic rings. The highest BCUT2D eigenvalue weighted by molar-refractivity contribution is 5.64. The monoisotopic (exact) mass is 242 g/mol. The summed E-state index contributed by atoms with van der Waals surface area (Å²) in [6.45, 7) is 8.66. The number of rotatable bonds is 1. The van der Waals surface area contributed by atoms with Crippen LogP contribution in [0.1, 0.15) is 46.0 Å². The van der Waals surface area contributed by atoms with Gasteiger partial charge in [0, 0.05) is 19.1 Å². The first-order chi connectivity index (χ1) is 8.11. The van der Waals surface area contributed by atoms with E-state index in [0.29, 0.717) is 0 Å². The lowest BCUT2D eigenvalue weighted by molar-refractivity contribution is 0.136. The third kappa shape index (κ3) is 5.39. The number of likely N-dealkylation sites (tertiary alicyclic amines) is 2. The van der Waals surface area contributed by atoms with Gasteiger partial charge >= 0.3 is 6.09 Å². The molecule has 17 heavy (non-hydrogen) atoms. The fraction of sp³-hybridized carbons (Fsp3) is 0.923. The predicted molar refractivity (Wildman–Crippen MR) is 69.4 cm³/mol. The first-order valence-corrected chi connectivity index (χ1v) is 6.83. The second-order valence-electron chi connectivity index (χ2n) is 5.17. The average Bonchev–Trinajstić information content (AvgIpc) is 2.84. The molecular formula is C13H26N2O2. The van der Waals surface area contributed by atoms with Crippen molar-refractivity contribution in [2.75, 3.05) is 26.2 Å². The van der Waals surface area contributed by atoms with E-state index >= 15 is 0 Å². The summed E-state index contributed by atoms with van der Waals surface area (Å²) in [6.07, 6.45) is 5.31. The van der Waals surface area contributed by atoms with Crippen molar-refractivity contribution in [1.29, 1.82) is 0 Å². The molecule has 0 aromatic heterocycles. The molecule has 2 rings (SSSR count). The standard InChI is InChI=1S/C7H15N.C6H11NO2/c1-7(2)8-5-3-4-6-8;8-6(9)7-4-2-1-3-5-7/h7H,3-6H2,1-2H3;1-5H2,(H,8,9). The minimum atomic E-state index is -0.769. The molecule has 2 aliphatic rings. The Morgan fingerprint density at radius 3 is 1.71 bits per heavy atom. The number of hydrogen-bond donors (Lipinski definition) is 1. The summed E-state index contributed by atoms with van der Waals surface area (Å²) in [5.74, 6) is 0. The number of hydrogen-bond acceptors (Lipinski definition) is 2. The minimum absolute atomic E-state index is 0.731. The normalized spacial score (nSPS) is 21.2. The molecule has 0 bridgehead atoms. The fourth-order valence-electron chi connectivity index (χ4n) is 2.34. The molecule has 0 aliphatic carbocycles. The first-order valence-electron chi connectivity index (χ1n) is 6.83. The van der Waals surface area contributed by atoms with E-state index in [2.05, 4.69) is 18.7 Å². The van der Waals surface area contributed by atoms with Gasteiger partial charge < -0.3 is 14.9 Å². The molecule has 2 fully saturated rings. The first kappa shape index (κ1) is 14.3. The van der Waals surface area contributed by atoms with E-state index in [9.17, 15) is 4.79 Å². The molecule has 2 aliphatic heterocycles. The van der Waals surface area contributed by atoms with Gasteiger partial charge in [-0.3, -0.25) is 0 Å². The van der Waals surface area contributed by atoms with Gasteiger partial charge in [0.15, 0.2) is 0 Å². The van der Waals surface area contributed by atoms with Crippen molar-refractivity contribution in [3.05, 3.63) is 0 Å². The molecule has 2 heterocycles. The minimum Gasteiger partial charge on any atom is -0.465 e. The zero-order valence-electron chi connectivity index (χ0n) is 11.2. The Bertz CT molecular complexity index is 219. The zero-order chi connectivity index (χ0) is 12.7. The van der Waals surface area contributed by atoms with Crippen LogP contribution < -0.4 is 0 Å². The third-order valence-electron chi connectivity index (χ3n) is 3.50. The Balaban J connectivity index is 0.000000171. The highest BCUT2D eigenvalue weighted by Gasteiger charge is 2.14. The molecule has 0 radical (unpaired) electrons. The van der Waals surface area contributed by atoms with Crippen molar-refractivity contribution in [2.24, 2.45) is 0 Å². The molecule has 0 saturated carbocycles. The molecule has 0 unspecified atom stereocenters. The quantitative estimate of drug-likeness (QED) is 0.768. The largest absolute Gasteiger partial charge is 0.465 e. The number of piperidine rings is 1. The fourth-order valence-corrected chi connectivity index (χ4v) is 2.34. The lowest BCUT2D eigenvalue weighted by atomic mass is 10.1. The Morgan fingerprint density at radius 2 is 1.41 bits per heavy atom. The Morgan fingerprint density at radius 1 is 0.941 bits per heavy atom. The number of amides is 1. The third-order valence-corrected chi connectivity index (χ3v) is 3.50. The number of nitrogens with zero attached hydrogens (tertiary/aromatic N) is 2. The Labute approximate surface area is 105 Å². The van der Waals surface area contributed by atoms with Crippen LogP contribution in [0.2, 0.25) is 0 Å². The van der Waals surface area contributed by atoms with E-state index in [1.54, 1.807) is 0 Å². The van der Waals surface area contributed by atoms with Crippen LogP contribution in [-0.2, 0) is 0 Å². The summed E-state index contributed by atoms with van der Waals surface area (Å²) in [6, 6.07) is 0.775. The second-order valence-corrected chi connectivity index (χ2v) is 5.17. The van der Waals surface area contributed by atoms with Gasteiger partial charge in [0.2, 0.25) is 0 Å². The van der Waals surface area contributed by atoms with Crippen LogP contribution in [0.3, 0.4) is 0 Å². The van der Waals surface area contributed by atoms with E-state index in [4.69, 9.17) is 5.11 Å². The van der Waals surface area contributed by atoms with Gasteiger partial charge in [-0.2, -0.15) is 0 Å². The van der Waals surface area contributed by atoms with Crippen molar-refractivity contribution in [3.8, 4) is 0 Å². The summed E-state index contributed by atoms with van der Waals surface area (Å²) in [7, 11) is 0. The van der Waals surface area contributed by atoms with Crippen molar-refractivity contribution in [2.45, 2.75) is 52.0 Å². The van der Waals surface area contributed by atoms with Gasteiger partial charge in [0.1, 0.15) is 0 Å². The van der Waals surface area contributed by atoms with Gasteiger partial charge in [0.05, 0.1) is 0 Å². The van der Waals surface area contributed by atoms with Crippen LogP contribution in [0.5, 0.6) is 0 Å². The summed E-state index contributed by atoms with van der Waals surface area (Å²) < 4.78 is 0. The number of carboxylic acid groups (broad SMARTS) is 1. The van der Waals surface area contributed by atoms with Crippen LogP contribution in [0.25, 0.3) is 0 Å². The highest BCUT2D eigenvalue weighted by Crippen LogP contribution is 2.10. The van der Waals surface area contributed by atoms with E-state index in [-0.39, 0.29) is 0 Å². The summed E-state index contributed by atoms with van der Waals surface area (Å²) >= 11 is 0. The van der Waals surface area contributed by atoms with E-state index in [0.717, 1.165) is 32.0 Å². The topological polar surface area (TPSA) is 43.8 Å². The van der Waals surface area contributed by atoms with Gasteiger partial charge in [-0.1, -0.05) is 0 Å². The lowest BCUT2D eigenvalue weighted by Gasteiger charge is -2.22. The highest BCUT2D eigenvalue weighted by atomic mass is 16.4. The molecular weight excluding hydrogens is 216 g/mol. The predicted octanol–water partition coefficient (Wildman–Crippen LogP) is 2.64. The molecule has 100 valence electrons. The van der Waals surface area contributed by atoms with E-state index < -0.39 is 6.09 Å². The van der Waals surface area contributed by atoms with Crippen molar-refractivity contribution in [1.82, 2.24) is 9.80 Å². The van der Waals surface area contributed by atoms with Crippen molar-refractivity contribution in [3.63, 3.8) is 0 Å². The van der Waals surface area contributed by atoms with Crippen LogP contribution in [0.15, 0.2) is 0 Å². The summed E-state index contributed by atoms with van der Waals surface area (Å²) in [5, 5.41) is 8.46. The molecule has 1 N–H and O–H groups in total. The van der Waals surface area contributed by atoms with Gasteiger partial charge in [-0.25, -0.2) is 4.79 Å². The smallest absolute Gasteiger partial charge is 0.407 e. The molecule has 0 aromatic carbocycles.